The first-order chi connectivity index (χ1) is 6.56. The van der Waals surface area contributed by atoms with Crippen LogP contribution < -0.4 is 0 Å². The average Bonchev–Trinajstić information content (AvgIpc) is 2.09. The fraction of sp³-hybridized carbons (Fsp3) is 0.900. The molecule has 4 nitrogen and oxygen atoms in total. The van der Waals surface area contributed by atoms with Crippen molar-refractivity contribution in [2.75, 3.05) is 26.2 Å². The van der Waals surface area contributed by atoms with Crippen molar-refractivity contribution in [3.63, 3.8) is 0 Å². The third-order valence-electron chi connectivity index (χ3n) is 1.90. The van der Waals surface area contributed by atoms with Gasteiger partial charge in [0, 0.05) is 26.2 Å². The lowest BCUT2D eigenvalue weighted by Crippen LogP contribution is -2.31. The molecule has 2 N–H and O–H groups in total. The van der Waals surface area contributed by atoms with Gasteiger partial charge in [0.1, 0.15) is 0 Å². The Labute approximate surface area is 85.5 Å². The number of hydrogen-bond donors (Lipinski definition) is 2. The molecule has 0 saturated carbocycles. The van der Waals surface area contributed by atoms with E-state index in [4.69, 9.17) is 10.2 Å². The lowest BCUT2D eigenvalue weighted by molar-refractivity contribution is -0.137. The molecule has 0 heterocycles. The summed E-state index contributed by atoms with van der Waals surface area (Å²) in [6.45, 7) is 6.63. The smallest absolute Gasteiger partial charge is 0.304 e. The van der Waals surface area contributed by atoms with E-state index >= 15 is 0 Å². The number of aliphatic hydroxyl groups excluding tert-OH is 1. The van der Waals surface area contributed by atoms with Gasteiger partial charge in [0.15, 0.2) is 0 Å². The van der Waals surface area contributed by atoms with E-state index in [2.05, 4.69) is 18.7 Å². The molecule has 0 aliphatic rings. The molecular formula is C10H21NO3. The van der Waals surface area contributed by atoms with Crippen LogP contribution >= 0.6 is 0 Å². The van der Waals surface area contributed by atoms with Crippen molar-refractivity contribution in [2.24, 2.45) is 5.92 Å². The maximum Gasteiger partial charge on any atom is 0.304 e. The van der Waals surface area contributed by atoms with Crippen LogP contribution in [0.5, 0.6) is 0 Å². The second kappa shape index (κ2) is 7.76. The standard InChI is InChI=1S/C10H21NO3/c1-9(2)8-11(5-3-7-12)6-4-10(13)14/h9,12H,3-8H2,1-2H3,(H,13,14). The monoisotopic (exact) mass is 203 g/mol. The molecule has 0 fully saturated rings. The molecule has 14 heavy (non-hydrogen) atoms. The second-order valence-corrected chi connectivity index (χ2v) is 3.92. The van der Waals surface area contributed by atoms with Crippen molar-refractivity contribution in [1.29, 1.82) is 0 Å². The summed E-state index contributed by atoms with van der Waals surface area (Å²) < 4.78 is 0. The van der Waals surface area contributed by atoms with Crippen molar-refractivity contribution in [3.8, 4) is 0 Å². The Bertz CT molecular complexity index is 159. The van der Waals surface area contributed by atoms with Crippen molar-refractivity contribution in [2.45, 2.75) is 26.7 Å². The van der Waals surface area contributed by atoms with Crippen LogP contribution in [-0.4, -0.2) is 47.3 Å². The van der Waals surface area contributed by atoms with Gasteiger partial charge in [-0.2, -0.15) is 0 Å². The molecule has 0 radical (unpaired) electrons. The van der Waals surface area contributed by atoms with Gasteiger partial charge in [0.2, 0.25) is 0 Å². The number of nitrogens with zero attached hydrogens (tertiary/aromatic N) is 1. The molecule has 0 bridgehead atoms. The minimum atomic E-state index is -0.761. The summed E-state index contributed by atoms with van der Waals surface area (Å²) >= 11 is 0. The number of rotatable bonds is 8. The number of aliphatic hydroxyl groups is 1. The fourth-order valence-corrected chi connectivity index (χ4v) is 1.36. The molecule has 0 rings (SSSR count). The molecule has 84 valence electrons. The van der Waals surface area contributed by atoms with Crippen molar-refractivity contribution < 1.29 is 15.0 Å². The average molecular weight is 203 g/mol. The van der Waals surface area contributed by atoms with Gasteiger partial charge in [-0.25, -0.2) is 0 Å². The first kappa shape index (κ1) is 13.4. The van der Waals surface area contributed by atoms with Crippen LogP contribution in [0, 0.1) is 5.92 Å². The number of carbonyl (C=O) groups is 1. The Hall–Kier alpha value is -0.610. The topological polar surface area (TPSA) is 60.8 Å². The molecule has 0 aliphatic heterocycles. The third-order valence-corrected chi connectivity index (χ3v) is 1.90. The van der Waals surface area contributed by atoms with Crippen molar-refractivity contribution >= 4 is 5.97 Å². The molecule has 0 atom stereocenters. The van der Waals surface area contributed by atoms with E-state index in [1.54, 1.807) is 0 Å². The van der Waals surface area contributed by atoms with Crippen LogP contribution in [0.25, 0.3) is 0 Å². The van der Waals surface area contributed by atoms with E-state index in [1.807, 2.05) is 0 Å². The van der Waals surface area contributed by atoms with E-state index in [0.717, 1.165) is 13.1 Å². The summed E-state index contributed by atoms with van der Waals surface area (Å²) in [6, 6.07) is 0. The summed E-state index contributed by atoms with van der Waals surface area (Å²) in [4.78, 5) is 12.5. The molecule has 0 aromatic rings. The molecular weight excluding hydrogens is 182 g/mol. The Balaban J connectivity index is 3.77. The zero-order valence-electron chi connectivity index (χ0n) is 9.07. The highest BCUT2D eigenvalue weighted by Gasteiger charge is 2.08. The van der Waals surface area contributed by atoms with Gasteiger partial charge in [0.25, 0.3) is 0 Å². The minimum Gasteiger partial charge on any atom is -0.481 e. The van der Waals surface area contributed by atoms with E-state index in [-0.39, 0.29) is 13.0 Å². The number of carboxylic acids is 1. The maximum absolute atomic E-state index is 10.4. The summed E-state index contributed by atoms with van der Waals surface area (Å²) in [7, 11) is 0. The summed E-state index contributed by atoms with van der Waals surface area (Å²) in [5.74, 6) is -0.231. The van der Waals surface area contributed by atoms with Gasteiger partial charge >= 0.3 is 5.97 Å². The van der Waals surface area contributed by atoms with Crippen LogP contribution in [0.1, 0.15) is 26.7 Å². The molecule has 0 unspecified atom stereocenters. The molecule has 0 amide bonds. The Morgan fingerprint density at radius 1 is 1.36 bits per heavy atom. The van der Waals surface area contributed by atoms with E-state index in [9.17, 15) is 4.79 Å². The SMILES string of the molecule is CC(C)CN(CCCO)CCC(=O)O. The lowest BCUT2D eigenvalue weighted by atomic mass is 10.2. The normalized spacial score (nSPS) is 11.2. The predicted octanol–water partition coefficient (Wildman–Crippen LogP) is 0.802. The van der Waals surface area contributed by atoms with E-state index in [1.165, 1.54) is 0 Å². The quantitative estimate of drug-likeness (QED) is 0.612. The highest BCUT2D eigenvalue weighted by Crippen LogP contribution is 2.01. The Morgan fingerprint density at radius 3 is 2.43 bits per heavy atom. The molecule has 0 saturated heterocycles. The van der Waals surface area contributed by atoms with Crippen LogP contribution in [0.4, 0.5) is 0 Å². The van der Waals surface area contributed by atoms with Gasteiger partial charge in [0.05, 0.1) is 6.42 Å². The largest absolute Gasteiger partial charge is 0.481 e. The zero-order chi connectivity index (χ0) is 11.0. The van der Waals surface area contributed by atoms with Crippen molar-refractivity contribution in [3.05, 3.63) is 0 Å². The van der Waals surface area contributed by atoms with Crippen LogP contribution in [0.3, 0.4) is 0 Å². The minimum absolute atomic E-state index is 0.168. The zero-order valence-corrected chi connectivity index (χ0v) is 9.07. The molecule has 0 spiro atoms. The summed E-state index contributed by atoms with van der Waals surface area (Å²) in [5.41, 5.74) is 0. The molecule has 0 aromatic heterocycles. The van der Waals surface area contributed by atoms with Gasteiger partial charge in [-0.3, -0.25) is 4.79 Å². The van der Waals surface area contributed by atoms with Gasteiger partial charge in [-0.05, 0) is 12.3 Å². The van der Waals surface area contributed by atoms with Crippen LogP contribution in [0.15, 0.2) is 0 Å². The van der Waals surface area contributed by atoms with Gasteiger partial charge in [-0.15, -0.1) is 0 Å². The Kier molecular flexibility index (Phi) is 7.42. The van der Waals surface area contributed by atoms with Crippen LogP contribution in [0.2, 0.25) is 0 Å². The molecule has 4 heteroatoms. The number of hydrogen-bond acceptors (Lipinski definition) is 3. The van der Waals surface area contributed by atoms with Gasteiger partial charge in [-0.1, -0.05) is 13.8 Å². The van der Waals surface area contributed by atoms with Gasteiger partial charge < -0.3 is 15.1 Å². The maximum atomic E-state index is 10.4. The molecule has 0 aliphatic carbocycles. The first-order valence-corrected chi connectivity index (χ1v) is 5.11. The molecule has 0 aromatic carbocycles. The van der Waals surface area contributed by atoms with Crippen molar-refractivity contribution in [1.82, 2.24) is 4.90 Å². The number of aliphatic carboxylic acids is 1. The second-order valence-electron chi connectivity index (χ2n) is 3.92. The number of carboxylic acid groups (broad SMARTS) is 1. The predicted molar refractivity (Wildman–Crippen MR) is 55.2 cm³/mol. The highest BCUT2D eigenvalue weighted by molar-refractivity contribution is 5.66. The lowest BCUT2D eigenvalue weighted by Gasteiger charge is -2.22. The highest BCUT2D eigenvalue weighted by atomic mass is 16.4. The summed E-state index contributed by atoms with van der Waals surface area (Å²) in [5, 5.41) is 17.2. The first-order valence-electron chi connectivity index (χ1n) is 5.11. The summed E-state index contributed by atoms with van der Waals surface area (Å²) in [6.07, 6.45) is 0.893. The Morgan fingerprint density at radius 2 is 2.00 bits per heavy atom. The van der Waals surface area contributed by atoms with Crippen LogP contribution in [-0.2, 0) is 4.79 Å². The van der Waals surface area contributed by atoms with E-state index in [0.29, 0.717) is 18.9 Å². The fourth-order valence-electron chi connectivity index (χ4n) is 1.36. The van der Waals surface area contributed by atoms with E-state index < -0.39 is 5.97 Å². The third kappa shape index (κ3) is 8.01.